The highest BCUT2D eigenvalue weighted by Crippen LogP contribution is 2.43. The van der Waals surface area contributed by atoms with E-state index < -0.39 is 0 Å². The van der Waals surface area contributed by atoms with Crippen molar-refractivity contribution in [3.8, 4) is 5.75 Å². The molecule has 6 nitrogen and oxygen atoms in total. The summed E-state index contributed by atoms with van der Waals surface area (Å²) >= 11 is 0. The molecule has 1 saturated heterocycles. The van der Waals surface area contributed by atoms with Crippen LogP contribution in [-0.4, -0.2) is 34.0 Å². The van der Waals surface area contributed by atoms with Crippen molar-refractivity contribution < 1.29 is 9.53 Å². The van der Waals surface area contributed by atoms with Crippen molar-refractivity contribution >= 4 is 11.6 Å². The lowest BCUT2D eigenvalue weighted by Crippen LogP contribution is -2.51. The maximum atomic E-state index is 12.9. The van der Waals surface area contributed by atoms with Crippen LogP contribution in [0.3, 0.4) is 0 Å². The predicted molar refractivity (Wildman–Crippen MR) is 111 cm³/mol. The fourth-order valence-electron chi connectivity index (χ4n) is 4.64. The third-order valence-corrected chi connectivity index (χ3v) is 6.12. The number of rotatable bonds is 3. The minimum absolute atomic E-state index is 0.00292. The molecule has 1 spiro atoms. The van der Waals surface area contributed by atoms with Gasteiger partial charge >= 0.3 is 0 Å². The second kappa shape index (κ2) is 7.19. The van der Waals surface area contributed by atoms with Crippen molar-refractivity contribution in [2.24, 2.45) is 0 Å². The van der Waals surface area contributed by atoms with E-state index in [-0.39, 0.29) is 24.0 Å². The van der Waals surface area contributed by atoms with E-state index in [2.05, 4.69) is 21.7 Å². The summed E-state index contributed by atoms with van der Waals surface area (Å²) in [6, 6.07) is 12.1. The van der Waals surface area contributed by atoms with Gasteiger partial charge in [0.1, 0.15) is 17.0 Å². The molecule has 1 amide bonds. The fourth-order valence-corrected chi connectivity index (χ4v) is 4.64. The third kappa shape index (κ3) is 3.49. The molecule has 0 saturated carbocycles. The molecular weight excluding hydrogens is 364 g/mol. The maximum absolute atomic E-state index is 12.9. The van der Waals surface area contributed by atoms with Gasteiger partial charge in [0.25, 0.3) is 0 Å². The molecule has 1 fully saturated rings. The molecule has 2 N–H and O–H groups in total. The minimum atomic E-state index is -0.197. The number of benzene rings is 1. The van der Waals surface area contributed by atoms with Crippen LogP contribution >= 0.6 is 0 Å². The summed E-state index contributed by atoms with van der Waals surface area (Å²) < 4.78 is 8.41. The molecule has 29 heavy (non-hydrogen) atoms. The second-order valence-corrected chi connectivity index (χ2v) is 8.23. The van der Waals surface area contributed by atoms with Crippen molar-refractivity contribution in [2.45, 2.75) is 44.2 Å². The number of aryl methyl sites for hydroxylation is 1. The molecule has 1 aromatic carbocycles. The van der Waals surface area contributed by atoms with E-state index in [1.54, 1.807) is 0 Å². The molecule has 1 atom stereocenters. The van der Waals surface area contributed by atoms with Gasteiger partial charge in [-0.1, -0.05) is 24.3 Å². The highest BCUT2D eigenvalue weighted by Gasteiger charge is 2.42. The van der Waals surface area contributed by atoms with Gasteiger partial charge in [-0.25, -0.2) is 4.98 Å². The fraction of sp³-hybridized carbons (Fsp3) is 0.391. The number of nitrogens with one attached hydrogen (secondary N) is 2. The minimum Gasteiger partial charge on any atom is -0.487 e. The number of aromatic nitrogens is 2. The van der Waals surface area contributed by atoms with Gasteiger partial charge in [-0.05, 0) is 50.6 Å². The molecule has 1 unspecified atom stereocenters. The number of piperidine rings is 1. The van der Waals surface area contributed by atoms with Crippen molar-refractivity contribution in [3.63, 3.8) is 0 Å². The molecule has 3 aromatic rings. The maximum Gasteiger partial charge on any atom is 0.226 e. The largest absolute Gasteiger partial charge is 0.487 e. The van der Waals surface area contributed by atoms with Crippen LogP contribution in [0.4, 0.5) is 0 Å². The first kappa shape index (κ1) is 18.2. The summed E-state index contributed by atoms with van der Waals surface area (Å²) in [6.07, 6.45) is 6.90. The van der Waals surface area contributed by atoms with Crippen molar-refractivity contribution in [1.29, 1.82) is 0 Å². The van der Waals surface area contributed by atoms with Gasteiger partial charge in [-0.3, -0.25) is 4.79 Å². The van der Waals surface area contributed by atoms with Gasteiger partial charge in [0.2, 0.25) is 5.91 Å². The molecule has 0 radical (unpaired) electrons. The molecule has 150 valence electrons. The number of pyridine rings is 1. The van der Waals surface area contributed by atoms with E-state index in [4.69, 9.17) is 4.74 Å². The monoisotopic (exact) mass is 390 g/mol. The summed E-state index contributed by atoms with van der Waals surface area (Å²) in [5.41, 5.74) is 3.66. The van der Waals surface area contributed by atoms with Gasteiger partial charge in [-0.2, -0.15) is 0 Å². The average Bonchev–Trinajstić information content (AvgIpc) is 3.12. The zero-order valence-electron chi connectivity index (χ0n) is 16.6. The lowest BCUT2D eigenvalue weighted by Gasteiger charge is -2.44. The average molecular weight is 390 g/mol. The Balaban J connectivity index is 1.36. The quantitative estimate of drug-likeness (QED) is 0.722. The molecule has 2 aliphatic heterocycles. The predicted octanol–water partition coefficient (Wildman–Crippen LogP) is 2.95. The number of hydrogen-bond acceptors (Lipinski definition) is 4. The van der Waals surface area contributed by atoms with Crippen molar-refractivity contribution in [2.75, 3.05) is 13.1 Å². The van der Waals surface area contributed by atoms with Crippen LogP contribution in [0.1, 0.15) is 42.1 Å². The smallest absolute Gasteiger partial charge is 0.226 e. The van der Waals surface area contributed by atoms with Crippen molar-refractivity contribution in [3.05, 3.63) is 65.6 Å². The molecule has 2 aromatic heterocycles. The number of ether oxygens (including phenoxy) is 1. The number of carbonyl (C=O) groups excluding carboxylic acids is 1. The van der Waals surface area contributed by atoms with E-state index in [0.29, 0.717) is 0 Å². The molecular formula is C23H26N4O2. The SMILES string of the molecule is Cc1cccn2cc(CC(=O)NC3CC4(CCNCC4)Oc4ccccc43)nc12. The second-order valence-electron chi connectivity index (χ2n) is 8.23. The van der Waals surface area contributed by atoms with Crippen LogP contribution < -0.4 is 15.4 Å². The number of hydrogen-bond donors (Lipinski definition) is 2. The Hall–Kier alpha value is -2.86. The zero-order valence-corrected chi connectivity index (χ0v) is 16.6. The van der Waals surface area contributed by atoms with E-state index >= 15 is 0 Å². The number of imidazole rings is 1. The standard InChI is InChI=1S/C23H26N4O2/c1-16-5-4-12-27-15-17(25-22(16)27)13-21(28)26-19-14-23(8-10-24-11-9-23)29-20-7-3-2-6-18(19)20/h2-7,12,15,19,24H,8-11,13-14H2,1H3,(H,26,28). The third-order valence-electron chi connectivity index (χ3n) is 6.12. The number of amides is 1. The number of carbonyl (C=O) groups is 1. The molecule has 4 heterocycles. The normalized spacial score (nSPS) is 20.2. The van der Waals surface area contributed by atoms with Crippen LogP contribution in [0.25, 0.3) is 5.65 Å². The zero-order chi connectivity index (χ0) is 19.8. The Labute approximate surface area is 170 Å². The Morgan fingerprint density at radius 2 is 2.10 bits per heavy atom. The lowest BCUT2D eigenvalue weighted by molar-refractivity contribution is -0.122. The Kier molecular flexibility index (Phi) is 4.51. The summed E-state index contributed by atoms with van der Waals surface area (Å²) in [5, 5.41) is 6.67. The number of fused-ring (bicyclic) bond motifs is 2. The number of para-hydroxylation sites is 1. The van der Waals surface area contributed by atoms with E-state index in [1.165, 1.54) is 0 Å². The van der Waals surface area contributed by atoms with Gasteiger partial charge in [0, 0.05) is 24.4 Å². The van der Waals surface area contributed by atoms with Crippen LogP contribution in [0.15, 0.2) is 48.8 Å². The first-order valence-electron chi connectivity index (χ1n) is 10.3. The first-order chi connectivity index (χ1) is 14.1. The van der Waals surface area contributed by atoms with Gasteiger partial charge < -0.3 is 19.8 Å². The summed E-state index contributed by atoms with van der Waals surface area (Å²) in [7, 11) is 0. The molecule has 6 heteroatoms. The van der Waals surface area contributed by atoms with E-state index in [9.17, 15) is 4.79 Å². The first-order valence-corrected chi connectivity index (χ1v) is 10.3. The van der Waals surface area contributed by atoms with Crippen LogP contribution in [0, 0.1) is 6.92 Å². The summed E-state index contributed by atoms with van der Waals surface area (Å²) in [4.78, 5) is 17.6. The van der Waals surface area contributed by atoms with Crippen LogP contribution in [0.2, 0.25) is 0 Å². The van der Waals surface area contributed by atoms with Gasteiger partial charge in [-0.15, -0.1) is 0 Å². The number of nitrogens with zero attached hydrogens (tertiary/aromatic N) is 2. The summed E-state index contributed by atoms with van der Waals surface area (Å²) in [5.74, 6) is 0.895. The van der Waals surface area contributed by atoms with Gasteiger partial charge in [0.15, 0.2) is 0 Å². The van der Waals surface area contributed by atoms with E-state index in [1.807, 2.05) is 54.0 Å². The summed E-state index contributed by atoms with van der Waals surface area (Å²) in [6.45, 7) is 3.93. The molecule has 0 bridgehead atoms. The van der Waals surface area contributed by atoms with Crippen LogP contribution in [-0.2, 0) is 11.2 Å². The molecule has 5 rings (SSSR count). The molecule has 0 aliphatic carbocycles. The highest BCUT2D eigenvalue weighted by atomic mass is 16.5. The Morgan fingerprint density at radius 1 is 1.28 bits per heavy atom. The highest BCUT2D eigenvalue weighted by molar-refractivity contribution is 5.79. The van der Waals surface area contributed by atoms with Crippen LogP contribution in [0.5, 0.6) is 5.75 Å². The Bertz CT molecular complexity index is 1050. The Morgan fingerprint density at radius 3 is 2.93 bits per heavy atom. The van der Waals surface area contributed by atoms with E-state index in [0.717, 1.165) is 60.6 Å². The van der Waals surface area contributed by atoms with Crippen molar-refractivity contribution in [1.82, 2.24) is 20.0 Å². The van der Waals surface area contributed by atoms with Gasteiger partial charge in [0.05, 0.1) is 18.2 Å². The lowest BCUT2D eigenvalue weighted by atomic mass is 9.81. The topological polar surface area (TPSA) is 67.7 Å². The molecule has 2 aliphatic rings.